The number of carbonyl (C=O) groups is 1. The highest BCUT2D eigenvalue weighted by Crippen LogP contribution is 2.35. The molecule has 1 N–H and O–H groups in total. The predicted octanol–water partition coefficient (Wildman–Crippen LogP) is 4.71. The molecule has 0 spiro atoms. The maximum Gasteiger partial charge on any atom is 0.263 e. The van der Waals surface area contributed by atoms with Crippen molar-refractivity contribution in [3.05, 3.63) is 87.3 Å². The number of hydrogen-bond acceptors (Lipinski definition) is 5. The van der Waals surface area contributed by atoms with Crippen molar-refractivity contribution in [2.45, 2.75) is 33.2 Å². The lowest BCUT2D eigenvalue weighted by Gasteiger charge is -2.06. The van der Waals surface area contributed by atoms with E-state index >= 15 is 0 Å². The fraction of sp³-hybridized carbons (Fsp3) is 0.200. The van der Waals surface area contributed by atoms with Crippen molar-refractivity contribution in [3.63, 3.8) is 0 Å². The van der Waals surface area contributed by atoms with Gasteiger partial charge in [0.15, 0.2) is 0 Å². The van der Waals surface area contributed by atoms with Gasteiger partial charge in [-0.2, -0.15) is 5.10 Å². The van der Waals surface area contributed by atoms with Crippen LogP contribution < -0.4 is 11.0 Å². The molecule has 0 fully saturated rings. The van der Waals surface area contributed by atoms with Crippen molar-refractivity contribution >= 4 is 33.7 Å². The van der Waals surface area contributed by atoms with E-state index in [2.05, 4.69) is 29.4 Å². The van der Waals surface area contributed by atoms with Crippen LogP contribution in [0, 0.1) is 6.92 Å². The van der Waals surface area contributed by atoms with E-state index in [1.807, 2.05) is 61.5 Å². The summed E-state index contributed by atoms with van der Waals surface area (Å²) in [6.07, 6.45) is 3.01. The Morgan fingerprint density at radius 3 is 2.56 bits per heavy atom. The summed E-state index contributed by atoms with van der Waals surface area (Å²) in [5.74, 6) is 0.0656. The first-order valence-corrected chi connectivity index (χ1v) is 11.2. The van der Waals surface area contributed by atoms with E-state index in [0.717, 1.165) is 21.6 Å². The maximum absolute atomic E-state index is 13.2. The van der Waals surface area contributed by atoms with E-state index in [1.165, 1.54) is 27.8 Å². The smallest absolute Gasteiger partial charge is 0.263 e. The van der Waals surface area contributed by atoms with Crippen LogP contribution in [0.5, 0.6) is 0 Å². The molecule has 0 radical (unpaired) electrons. The fourth-order valence-electron chi connectivity index (χ4n) is 3.54. The van der Waals surface area contributed by atoms with E-state index in [9.17, 15) is 9.59 Å². The summed E-state index contributed by atoms with van der Waals surface area (Å²) in [6, 6.07) is 17.8. The van der Waals surface area contributed by atoms with Gasteiger partial charge in [-0.25, -0.2) is 10.4 Å². The molecule has 6 nitrogen and oxygen atoms in total. The molecule has 7 heteroatoms. The second-order valence-electron chi connectivity index (χ2n) is 7.87. The molecule has 1 amide bonds. The largest absolute Gasteiger partial charge is 0.289 e. The Morgan fingerprint density at radius 2 is 1.88 bits per heavy atom. The Hall–Kier alpha value is -3.58. The van der Waals surface area contributed by atoms with E-state index in [0.29, 0.717) is 16.1 Å². The first kappa shape index (κ1) is 21.6. The monoisotopic (exact) mass is 444 g/mol. The van der Waals surface area contributed by atoms with Crippen LogP contribution in [0.3, 0.4) is 0 Å². The van der Waals surface area contributed by atoms with E-state index in [4.69, 9.17) is 0 Å². The maximum atomic E-state index is 13.2. The molecule has 0 saturated carbocycles. The van der Waals surface area contributed by atoms with Gasteiger partial charge < -0.3 is 0 Å². The van der Waals surface area contributed by atoms with Gasteiger partial charge in [0.25, 0.3) is 11.5 Å². The average molecular weight is 445 g/mol. The molecule has 0 bridgehead atoms. The molecule has 0 aliphatic carbocycles. The molecule has 2 aromatic carbocycles. The first-order valence-electron chi connectivity index (χ1n) is 10.4. The van der Waals surface area contributed by atoms with Crippen LogP contribution in [0.2, 0.25) is 0 Å². The van der Waals surface area contributed by atoms with Crippen LogP contribution in [0.15, 0.2) is 70.8 Å². The zero-order valence-corrected chi connectivity index (χ0v) is 19.0. The van der Waals surface area contributed by atoms with Gasteiger partial charge in [0.2, 0.25) is 0 Å². The molecule has 0 aliphatic rings. The van der Waals surface area contributed by atoms with Gasteiger partial charge in [0.05, 0.1) is 17.9 Å². The number of rotatable bonds is 6. The second kappa shape index (κ2) is 9.28. The molecule has 4 aromatic rings. The zero-order valence-electron chi connectivity index (χ0n) is 18.2. The lowest BCUT2D eigenvalue weighted by atomic mass is 10.0. The van der Waals surface area contributed by atoms with Crippen LogP contribution in [-0.2, 0) is 11.3 Å². The predicted molar refractivity (Wildman–Crippen MR) is 130 cm³/mol. The van der Waals surface area contributed by atoms with Crippen LogP contribution >= 0.6 is 11.3 Å². The Kier molecular flexibility index (Phi) is 6.28. The molecule has 2 heterocycles. The summed E-state index contributed by atoms with van der Waals surface area (Å²) >= 11 is 1.48. The van der Waals surface area contributed by atoms with Crippen LogP contribution in [0.1, 0.15) is 35.8 Å². The fourth-order valence-corrected chi connectivity index (χ4v) is 4.54. The number of fused-ring (bicyclic) bond motifs is 1. The van der Waals surface area contributed by atoms with Gasteiger partial charge in [-0.15, -0.1) is 11.3 Å². The average Bonchev–Trinajstić information content (AvgIpc) is 3.13. The van der Waals surface area contributed by atoms with E-state index < -0.39 is 5.91 Å². The lowest BCUT2D eigenvalue weighted by molar-refractivity contribution is -0.121. The van der Waals surface area contributed by atoms with Crippen LogP contribution in [0.25, 0.3) is 21.3 Å². The lowest BCUT2D eigenvalue weighted by Crippen LogP contribution is -2.30. The van der Waals surface area contributed by atoms with E-state index in [1.54, 1.807) is 6.21 Å². The molecule has 4 rings (SSSR count). The van der Waals surface area contributed by atoms with Crippen molar-refractivity contribution in [3.8, 4) is 11.1 Å². The number of hydrogen-bond donors (Lipinski definition) is 1. The summed E-state index contributed by atoms with van der Waals surface area (Å²) in [7, 11) is 0. The summed E-state index contributed by atoms with van der Waals surface area (Å²) in [5.41, 5.74) is 6.22. The molecule has 0 saturated heterocycles. The summed E-state index contributed by atoms with van der Waals surface area (Å²) < 4.78 is 1.32. The van der Waals surface area contributed by atoms with Crippen molar-refractivity contribution in [1.82, 2.24) is 15.0 Å². The number of nitrogens with zero attached hydrogens (tertiary/aromatic N) is 3. The number of nitrogens with one attached hydrogen (secondary N) is 1. The third-order valence-electron chi connectivity index (χ3n) is 5.24. The molecule has 0 unspecified atom stereocenters. The van der Waals surface area contributed by atoms with Crippen molar-refractivity contribution < 1.29 is 4.79 Å². The third kappa shape index (κ3) is 4.53. The molecule has 0 aliphatic heterocycles. The molecule has 2 aromatic heterocycles. The van der Waals surface area contributed by atoms with Crippen LogP contribution in [0.4, 0.5) is 0 Å². The SMILES string of the molecule is Cc1sc2ncn(CC(=O)N/N=C\c3ccc(C(C)C)cc3)c(=O)c2c1-c1ccccc1. The number of carbonyl (C=O) groups excluding carboxylic acids is 1. The molecular weight excluding hydrogens is 420 g/mol. The Balaban J connectivity index is 1.52. The molecule has 162 valence electrons. The highest BCUT2D eigenvalue weighted by molar-refractivity contribution is 7.19. The summed E-state index contributed by atoms with van der Waals surface area (Å²) in [5, 5.41) is 4.56. The van der Waals surface area contributed by atoms with Gasteiger partial charge in [0.1, 0.15) is 11.4 Å². The number of hydrazone groups is 1. The minimum absolute atomic E-state index is 0.158. The molecule has 0 atom stereocenters. The minimum atomic E-state index is -0.392. The molecule has 32 heavy (non-hydrogen) atoms. The standard InChI is InChI=1S/C25H24N4O2S/c1-16(2)19-11-9-18(10-12-19)13-27-28-21(30)14-29-15-26-24-23(25(29)31)22(17(3)32-24)20-7-5-4-6-8-20/h4-13,15-16H,14H2,1-3H3,(H,28,30)/b27-13-. The summed E-state index contributed by atoms with van der Waals surface area (Å²) in [6.45, 7) is 6.09. The van der Waals surface area contributed by atoms with Crippen molar-refractivity contribution in [2.75, 3.05) is 0 Å². The number of amides is 1. The highest BCUT2D eigenvalue weighted by Gasteiger charge is 2.17. The van der Waals surface area contributed by atoms with Crippen LogP contribution in [-0.4, -0.2) is 21.7 Å². The summed E-state index contributed by atoms with van der Waals surface area (Å²) in [4.78, 5) is 31.7. The zero-order chi connectivity index (χ0) is 22.7. The Morgan fingerprint density at radius 1 is 1.16 bits per heavy atom. The second-order valence-corrected chi connectivity index (χ2v) is 9.07. The normalized spacial score (nSPS) is 11.5. The highest BCUT2D eigenvalue weighted by atomic mass is 32.1. The quantitative estimate of drug-likeness (QED) is 0.346. The van der Waals surface area contributed by atoms with Crippen molar-refractivity contribution in [1.29, 1.82) is 0 Å². The topological polar surface area (TPSA) is 76.3 Å². The van der Waals surface area contributed by atoms with Gasteiger partial charge in [-0.05, 0) is 29.5 Å². The van der Waals surface area contributed by atoms with Gasteiger partial charge >= 0.3 is 0 Å². The van der Waals surface area contributed by atoms with Gasteiger partial charge in [0, 0.05) is 10.4 Å². The number of aryl methyl sites for hydroxylation is 1. The van der Waals surface area contributed by atoms with E-state index in [-0.39, 0.29) is 12.1 Å². The first-order chi connectivity index (χ1) is 15.4. The molecular formula is C25H24N4O2S. The van der Waals surface area contributed by atoms with Gasteiger partial charge in [-0.3, -0.25) is 14.2 Å². The number of aromatic nitrogens is 2. The van der Waals surface area contributed by atoms with Gasteiger partial charge in [-0.1, -0.05) is 68.4 Å². The minimum Gasteiger partial charge on any atom is -0.289 e. The van der Waals surface area contributed by atoms with Crippen molar-refractivity contribution in [2.24, 2.45) is 5.10 Å². The Bertz CT molecular complexity index is 1340. The third-order valence-corrected chi connectivity index (χ3v) is 6.25. The number of thiophene rings is 1. The number of benzene rings is 2. The Labute approximate surface area is 190 Å².